The molecular weight excluding hydrogens is 432 g/mol. The summed E-state index contributed by atoms with van der Waals surface area (Å²) >= 11 is 6.10. The normalized spacial score (nSPS) is 14.2. The molecule has 0 spiro atoms. The van der Waals surface area contributed by atoms with E-state index in [2.05, 4.69) is 45.7 Å². The van der Waals surface area contributed by atoms with Crippen molar-refractivity contribution < 1.29 is 9.59 Å². The van der Waals surface area contributed by atoms with E-state index in [1.807, 2.05) is 67.6 Å². The highest BCUT2D eigenvalue weighted by Crippen LogP contribution is 2.50. The first-order chi connectivity index (χ1) is 11.2. The molecule has 0 aliphatic carbocycles. The summed E-state index contributed by atoms with van der Waals surface area (Å²) in [6.45, 7) is 6.14. The molecule has 0 saturated heterocycles. The van der Waals surface area contributed by atoms with Crippen LogP contribution in [0, 0.1) is 5.92 Å². The zero-order chi connectivity index (χ0) is 18.0. The van der Waals surface area contributed by atoms with Crippen molar-refractivity contribution in [3.05, 3.63) is 71.8 Å². The Labute approximate surface area is 159 Å². The second kappa shape index (κ2) is 7.32. The first kappa shape index (κ1) is 19.1. The molecule has 0 aliphatic rings. The molecule has 0 heterocycles. The molecule has 1 atom stereocenters. The van der Waals surface area contributed by atoms with Crippen molar-refractivity contribution in [1.82, 2.24) is 0 Å². The minimum absolute atomic E-state index is 0.320. The molecule has 0 aromatic heterocycles. The Morgan fingerprint density at radius 3 is 1.50 bits per heavy atom. The van der Waals surface area contributed by atoms with Crippen molar-refractivity contribution >= 4 is 41.2 Å². The highest BCUT2D eigenvalue weighted by molar-refractivity contribution is 9.19. The van der Waals surface area contributed by atoms with Crippen molar-refractivity contribution in [3.63, 3.8) is 0 Å². The number of benzene rings is 2. The van der Waals surface area contributed by atoms with Gasteiger partial charge in [-0.25, -0.2) is 0 Å². The first-order valence-corrected chi connectivity index (χ1v) is 9.31. The summed E-state index contributed by atoms with van der Waals surface area (Å²) in [4.78, 5) is 24.7. The molecule has 0 aliphatic heterocycles. The number of carbonyl (C=O) groups excluding carboxylic acids is 2. The third-order valence-electron chi connectivity index (χ3n) is 5.20. The quantitative estimate of drug-likeness (QED) is 0.436. The average molecular weight is 452 g/mol. The van der Waals surface area contributed by atoms with E-state index in [9.17, 15) is 9.59 Å². The number of rotatable bonds is 6. The smallest absolute Gasteiger partial charge is 0.210 e. The Kier molecular flexibility index (Phi) is 5.82. The maximum Gasteiger partial charge on any atom is 0.210 e. The van der Waals surface area contributed by atoms with E-state index in [0.29, 0.717) is 0 Å². The molecule has 24 heavy (non-hydrogen) atoms. The van der Waals surface area contributed by atoms with Gasteiger partial charge in [0.25, 0.3) is 0 Å². The number of hydrogen-bond donors (Lipinski definition) is 0. The lowest BCUT2D eigenvalue weighted by Crippen LogP contribution is -2.52. The second-order valence-electron chi connectivity index (χ2n) is 6.60. The molecule has 0 bridgehead atoms. The Balaban J connectivity index is 2.77. The molecule has 0 N–H and O–H groups in total. The van der Waals surface area contributed by atoms with Gasteiger partial charge >= 0.3 is 0 Å². The van der Waals surface area contributed by atoms with Gasteiger partial charge in [-0.2, -0.15) is 0 Å². The van der Waals surface area contributed by atoms with Gasteiger partial charge in [0.1, 0.15) is 5.92 Å². The summed E-state index contributed by atoms with van der Waals surface area (Å²) in [5.74, 6) is -0.852. The van der Waals surface area contributed by atoms with Gasteiger partial charge in [0.15, 0.2) is 0 Å². The summed E-state index contributed by atoms with van der Waals surface area (Å²) < 4.78 is -0.639. The van der Waals surface area contributed by atoms with Gasteiger partial charge in [-0.15, -0.1) is 0 Å². The molecule has 1 unspecified atom stereocenters. The first-order valence-electron chi connectivity index (χ1n) is 7.72. The number of carbonyl (C=O) groups is 2. The Hall–Kier alpha value is -1.26. The van der Waals surface area contributed by atoms with Crippen molar-refractivity contribution in [2.24, 2.45) is 5.92 Å². The maximum absolute atomic E-state index is 12.3. The van der Waals surface area contributed by atoms with Gasteiger partial charge in [-0.05, 0) is 43.0 Å². The number of halogens is 2. The predicted octanol–water partition coefficient (Wildman–Crippen LogP) is 5.38. The third-order valence-corrected chi connectivity index (χ3v) is 6.11. The van der Waals surface area contributed by atoms with Crippen LogP contribution in [0.25, 0.3) is 0 Å². The van der Waals surface area contributed by atoms with Crippen molar-refractivity contribution in [2.45, 2.75) is 31.6 Å². The van der Waals surface area contributed by atoms with Gasteiger partial charge in [-0.3, -0.25) is 9.59 Å². The van der Waals surface area contributed by atoms with E-state index >= 15 is 0 Å². The van der Waals surface area contributed by atoms with Crippen LogP contribution in [0.3, 0.4) is 0 Å². The van der Waals surface area contributed by atoms with Crippen LogP contribution in [0.1, 0.15) is 31.9 Å². The number of hydrogen-bond acceptors (Lipinski definition) is 2. The second-order valence-corrected chi connectivity index (χ2v) is 8.16. The Morgan fingerprint density at radius 1 is 0.750 bits per heavy atom. The van der Waals surface area contributed by atoms with Crippen LogP contribution in [0.2, 0.25) is 0 Å². The monoisotopic (exact) mass is 450 g/mol. The van der Waals surface area contributed by atoms with Gasteiger partial charge in [0.2, 0.25) is 9.39 Å². The molecule has 0 radical (unpaired) electrons. The van der Waals surface area contributed by atoms with Crippen molar-refractivity contribution in [3.8, 4) is 0 Å². The molecule has 2 aromatic rings. The van der Waals surface area contributed by atoms with Gasteiger partial charge in [-0.1, -0.05) is 81.4 Å². The van der Waals surface area contributed by atoms with E-state index in [1.54, 1.807) is 0 Å². The highest BCUT2D eigenvalue weighted by atomic mass is 79.9. The van der Waals surface area contributed by atoms with Crippen LogP contribution in [-0.2, 0) is 20.4 Å². The SMILES string of the molecule is CC(C)(c1ccccc1)C(C)(c1ccccc1)C(C(=O)Br)C(=O)Br. The molecule has 0 saturated carbocycles. The molecule has 0 amide bonds. The fourth-order valence-corrected chi connectivity index (χ4v) is 5.01. The summed E-state index contributed by atoms with van der Waals surface area (Å²) in [5, 5.41) is 0. The lowest BCUT2D eigenvalue weighted by molar-refractivity contribution is -0.126. The van der Waals surface area contributed by atoms with Crippen LogP contribution in [0.4, 0.5) is 0 Å². The molecule has 2 nitrogen and oxygen atoms in total. The highest BCUT2D eigenvalue weighted by Gasteiger charge is 2.53. The van der Waals surface area contributed by atoms with Gasteiger partial charge in [0.05, 0.1) is 0 Å². The van der Waals surface area contributed by atoms with E-state index in [1.165, 1.54) is 0 Å². The lowest BCUT2D eigenvalue weighted by atomic mass is 9.55. The molecule has 2 rings (SSSR count). The molecular formula is C20H20Br2O2. The Morgan fingerprint density at radius 2 is 1.12 bits per heavy atom. The van der Waals surface area contributed by atoms with E-state index < -0.39 is 16.7 Å². The standard InChI is InChI=1S/C20H20Br2O2/c1-19(2,14-10-6-4-7-11-14)20(3,15-12-8-5-9-13-15)16(17(21)23)18(22)24/h4-13,16H,1-3H3. The minimum Gasteiger partial charge on any atom is -0.286 e. The largest absolute Gasteiger partial charge is 0.286 e. The maximum atomic E-state index is 12.3. The van der Waals surface area contributed by atoms with Crippen LogP contribution in [0.5, 0.6) is 0 Å². The van der Waals surface area contributed by atoms with Gasteiger partial charge < -0.3 is 0 Å². The van der Waals surface area contributed by atoms with E-state index in [0.717, 1.165) is 11.1 Å². The fourth-order valence-electron chi connectivity index (χ4n) is 3.37. The Bertz CT molecular complexity index is 712. The lowest BCUT2D eigenvalue weighted by Gasteiger charge is -2.48. The average Bonchev–Trinajstić information content (AvgIpc) is 2.55. The van der Waals surface area contributed by atoms with Gasteiger partial charge in [0, 0.05) is 10.8 Å². The zero-order valence-electron chi connectivity index (χ0n) is 13.9. The third kappa shape index (κ3) is 3.27. The topological polar surface area (TPSA) is 34.1 Å². The summed E-state index contributed by atoms with van der Waals surface area (Å²) in [7, 11) is 0. The predicted molar refractivity (Wildman–Crippen MR) is 105 cm³/mol. The zero-order valence-corrected chi connectivity index (χ0v) is 17.1. The summed E-state index contributed by atoms with van der Waals surface area (Å²) in [6.07, 6.45) is 0. The van der Waals surface area contributed by atoms with E-state index in [4.69, 9.17) is 0 Å². The van der Waals surface area contributed by atoms with E-state index in [-0.39, 0.29) is 9.39 Å². The van der Waals surface area contributed by atoms with Crippen LogP contribution in [0.15, 0.2) is 60.7 Å². The molecule has 126 valence electrons. The summed E-state index contributed by atoms with van der Waals surface area (Å²) in [5.41, 5.74) is 0.817. The van der Waals surface area contributed by atoms with Crippen LogP contribution >= 0.6 is 31.9 Å². The van der Waals surface area contributed by atoms with Crippen LogP contribution in [-0.4, -0.2) is 9.39 Å². The fraction of sp³-hybridized carbons (Fsp3) is 0.300. The summed E-state index contributed by atoms with van der Waals surface area (Å²) in [6, 6.07) is 19.7. The molecule has 0 fully saturated rings. The molecule has 2 aromatic carbocycles. The van der Waals surface area contributed by atoms with Crippen molar-refractivity contribution in [2.75, 3.05) is 0 Å². The minimum atomic E-state index is -0.852. The van der Waals surface area contributed by atoms with Crippen molar-refractivity contribution in [1.29, 1.82) is 0 Å². The van der Waals surface area contributed by atoms with Crippen LogP contribution < -0.4 is 0 Å². The molecule has 4 heteroatoms.